The molecule has 0 bridgehead atoms. The zero-order valence-electron chi connectivity index (χ0n) is 15.6. The van der Waals surface area contributed by atoms with Gasteiger partial charge in [0.25, 0.3) is 0 Å². The zero-order valence-corrected chi connectivity index (χ0v) is 16.4. The third-order valence-corrected chi connectivity index (χ3v) is 6.39. The quantitative estimate of drug-likeness (QED) is 0.681. The molecule has 1 atom stereocenters. The standard InChI is InChI=1S/C21H24ClF2NO3/c22-16-2-1-3-17-19(16)15(13-25(17)12-14-5-11-28-14)18(26)4-6-20(27)7-9-21(23,24)10-8-20/h1-3,13-14,27H,4-12H2. The molecule has 0 radical (unpaired) electrons. The summed E-state index contributed by atoms with van der Waals surface area (Å²) in [7, 11) is 0. The Labute approximate surface area is 167 Å². The van der Waals surface area contributed by atoms with E-state index in [0.717, 1.165) is 18.5 Å². The van der Waals surface area contributed by atoms with E-state index in [1.165, 1.54) is 0 Å². The van der Waals surface area contributed by atoms with Gasteiger partial charge in [0.15, 0.2) is 5.78 Å². The zero-order chi connectivity index (χ0) is 19.9. The molecule has 1 saturated heterocycles. The molecule has 1 saturated carbocycles. The largest absolute Gasteiger partial charge is 0.390 e. The number of hydrogen-bond acceptors (Lipinski definition) is 3. The molecule has 2 aromatic rings. The summed E-state index contributed by atoms with van der Waals surface area (Å²) in [5, 5.41) is 11.8. The monoisotopic (exact) mass is 411 g/mol. The number of benzene rings is 1. The van der Waals surface area contributed by atoms with Gasteiger partial charge in [-0.05, 0) is 37.8 Å². The Kier molecular flexibility index (Phi) is 5.23. The van der Waals surface area contributed by atoms with Crippen molar-refractivity contribution in [3.8, 4) is 0 Å². The maximum Gasteiger partial charge on any atom is 0.248 e. The molecule has 2 heterocycles. The summed E-state index contributed by atoms with van der Waals surface area (Å²) in [6.45, 7) is 1.41. The van der Waals surface area contributed by atoms with Crippen LogP contribution in [0.4, 0.5) is 8.78 Å². The Morgan fingerprint density at radius 2 is 2.00 bits per heavy atom. The van der Waals surface area contributed by atoms with Crippen LogP contribution in [0, 0.1) is 0 Å². The number of hydrogen-bond donors (Lipinski definition) is 1. The number of rotatable bonds is 6. The maximum absolute atomic E-state index is 13.4. The Bertz CT molecular complexity index is 881. The third-order valence-electron chi connectivity index (χ3n) is 6.08. The molecule has 28 heavy (non-hydrogen) atoms. The fourth-order valence-corrected chi connectivity index (χ4v) is 4.40. The first-order valence-electron chi connectivity index (χ1n) is 9.79. The summed E-state index contributed by atoms with van der Waals surface area (Å²) < 4.78 is 34.2. The first kappa shape index (κ1) is 19.8. The molecule has 1 N–H and O–H groups in total. The molecule has 4 nitrogen and oxygen atoms in total. The second kappa shape index (κ2) is 7.39. The van der Waals surface area contributed by atoms with Gasteiger partial charge in [-0.15, -0.1) is 0 Å². The van der Waals surface area contributed by atoms with Crippen molar-refractivity contribution in [1.82, 2.24) is 4.57 Å². The summed E-state index contributed by atoms with van der Waals surface area (Å²) >= 11 is 6.38. The van der Waals surface area contributed by atoms with Gasteiger partial charge in [0.05, 0.1) is 22.2 Å². The number of aliphatic hydroxyl groups is 1. The number of ketones is 1. The minimum absolute atomic E-state index is 0.0226. The number of aromatic nitrogens is 1. The Morgan fingerprint density at radius 1 is 1.29 bits per heavy atom. The van der Waals surface area contributed by atoms with Crippen LogP contribution in [0.1, 0.15) is 55.3 Å². The average Bonchev–Trinajstić information content (AvgIpc) is 2.99. The van der Waals surface area contributed by atoms with Crippen molar-refractivity contribution in [2.24, 2.45) is 0 Å². The van der Waals surface area contributed by atoms with Crippen LogP contribution in [0.3, 0.4) is 0 Å². The van der Waals surface area contributed by atoms with Crippen LogP contribution in [0.15, 0.2) is 24.4 Å². The molecule has 4 rings (SSSR count). The molecule has 2 aliphatic rings. The average molecular weight is 412 g/mol. The van der Waals surface area contributed by atoms with E-state index in [9.17, 15) is 18.7 Å². The first-order chi connectivity index (χ1) is 13.3. The number of alkyl halides is 2. The lowest BCUT2D eigenvalue weighted by Gasteiger charge is -2.35. The summed E-state index contributed by atoms with van der Waals surface area (Å²) in [4.78, 5) is 12.9. The van der Waals surface area contributed by atoms with E-state index in [1.807, 2.05) is 16.7 Å². The van der Waals surface area contributed by atoms with E-state index < -0.39 is 11.5 Å². The predicted molar refractivity (Wildman–Crippen MR) is 103 cm³/mol. The van der Waals surface area contributed by atoms with Crippen LogP contribution in [0.2, 0.25) is 5.02 Å². The minimum Gasteiger partial charge on any atom is -0.390 e. The second-order valence-corrected chi connectivity index (χ2v) is 8.52. The molecule has 1 unspecified atom stereocenters. The second-order valence-electron chi connectivity index (χ2n) is 8.11. The summed E-state index contributed by atoms with van der Waals surface area (Å²) in [5.74, 6) is -2.84. The molecule has 1 aliphatic heterocycles. The summed E-state index contributed by atoms with van der Waals surface area (Å²) in [6.07, 6.45) is 2.61. The molecule has 1 aromatic carbocycles. The van der Waals surface area contributed by atoms with Crippen molar-refractivity contribution in [3.05, 3.63) is 35.0 Å². The molecule has 1 aromatic heterocycles. The van der Waals surface area contributed by atoms with E-state index in [1.54, 1.807) is 12.3 Å². The lowest BCUT2D eigenvalue weighted by atomic mass is 9.79. The summed E-state index contributed by atoms with van der Waals surface area (Å²) in [6, 6.07) is 5.52. The van der Waals surface area contributed by atoms with Crippen LogP contribution in [0.25, 0.3) is 10.9 Å². The van der Waals surface area contributed by atoms with Gasteiger partial charge >= 0.3 is 0 Å². The minimum atomic E-state index is -2.71. The molecule has 7 heteroatoms. The highest BCUT2D eigenvalue weighted by Gasteiger charge is 2.42. The number of carbonyl (C=O) groups is 1. The van der Waals surface area contributed by atoms with Crippen LogP contribution < -0.4 is 0 Å². The van der Waals surface area contributed by atoms with Gasteiger partial charge in [-0.1, -0.05) is 17.7 Å². The normalized spacial score (nSPS) is 23.5. The third kappa shape index (κ3) is 3.95. The molecule has 1 aliphatic carbocycles. The lowest BCUT2D eigenvalue weighted by molar-refractivity contribution is -0.105. The van der Waals surface area contributed by atoms with Gasteiger partial charge in [0, 0.05) is 49.6 Å². The van der Waals surface area contributed by atoms with E-state index in [2.05, 4.69) is 0 Å². The number of fused-ring (bicyclic) bond motifs is 1. The van der Waals surface area contributed by atoms with Crippen molar-refractivity contribution in [2.75, 3.05) is 6.61 Å². The van der Waals surface area contributed by atoms with Crippen LogP contribution in [-0.2, 0) is 11.3 Å². The molecule has 0 amide bonds. The lowest BCUT2D eigenvalue weighted by Crippen LogP contribution is -2.38. The van der Waals surface area contributed by atoms with E-state index in [0.29, 0.717) is 22.5 Å². The Morgan fingerprint density at radius 3 is 2.64 bits per heavy atom. The Balaban J connectivity index is 1.52. The van der Waals surface area contributed by atoms with Gasteiger partial charge < -0.3 is 14.4 Å². The highest BCUT2D eigenvalue weighted by Crippen LogP contribution is 2.41. The predicted octanol–water partition coefficient (Wildman–Crippen LogP) is 4.99. The fraction of sp³-hybridized carbons (Fsp3) is 0.571. The van der Waals surface area contributed by atoms with Crippen LogP contribution in [-0.4, -0.2) is 39.7 Å². The van der Waals surface area contributed by atoms with Gasteiger partial charge in [-0.25, -0.2) is 8.78 Å². The van der Waals surface area contributed by atoms with Gasteiger partial charge in [0.1, 0.15) is 0 Å². The van der Waals surface area contributed by atoms with E-state index in [4.69, 9.17) is 16.3 Å². The van der Waals surface area contributed by atoms with Gasteiger partial charge in [0.2, 0.25) is 5.92 Å². The van der Waals surface area contributed by atoms with Gasteiger partial charge in [-0.3, -0.25) is 4.79 Å². The Hall–Kier alpha value is -1.50. The first-order valence-corrected chi connectivity index (χ1v) is 10.2. The SMILES string of the molecule is O=C(CCC1(O)CCC(F)(F)CC1)c1cn(CC2CCO2)c2cccc(Cl)c12. The van der Waals surface area contributed by atoms with Gasteiger partial charge in [-0.2, -0.15) is 0 Å². The van der Waals surface area contributed by atoms with Crippen molar-refractivity contribution >= 4 is 28.3 Å². The highest BCUT2D eigenvalue weighted by atomic mass is 35.5. The van der Waals surface area contributed by atoms with Crippen molar-refractivity contribution in [3.63, 3.8) is 0 Å². The van der Waals surface area contributed by atoms with Crippen molar-refractivity contribution in [1.29, 1.82) is 0 Å². The molecular formula is C21H24ClF2NO3. The number of carbonyl (C=O) groups excluding carboxylic acids is 1. The van der Waals surface area contributed by atoms with Crippen LogP contribution >= 0.6 is 11.6 Å². The van der Waals surface area contributed by atoms with Crippen molar-refractivity contribution in [2.45, 2.75) is 69.1 Å². The summed E-state index contributed by atoms with van der Waals surface area (Å²) in [5.41, 5.74) is 0.200. The van der Waals surface area contributed by atoms with E-state index in [-0.39, 0.29) is 50.4 Å². The number of nitrogens with zero attached hydrogens (tertiary/aromatic N) is 1. The number of ether oxygens (including phenoxy) is 1. The highest BCUT2D eigenvalue weighted by molar-refractivity contribution is 6.37. The van der Waals surface area contributed by atoms with Crippen molar-refractivity contribution < 1.29 is 23.4 Å². The smallest absolute Gasteiger partial charge is 0.248 e. The molecule has 0 spiro atoms. The number of halogens is 3. The molecule has 152 valence electrons. The molecule has 2 fully saturated rings. The number of Topliss-reactive ketones (excluding diaryl/α,β-unsaturated/α-hetero) is 1. The van der Waals surface area contributed by atoms with Crippen LogP contribution in [0.5, 0.6) is 0 Å². The fourth-order valence-electron chi connectivity index (χ4n) is 4.13. The van der Waals surface area contributed by atoms with E-state index >= 15 is 0 Å². The maximum atomic E-state index is 13.4. The molecular weight excluding hydrogens is 388 g/mol. The topological polar surface area (TPSA) is 51.5 Å².